The normalized spacial score (nSPS) is 21.4. The molecule has 0 saturated carbocycles. The quantitative estimate of drug-likeness (QED) is 0.766. The Kier molecular flexibility index (Phi) is 3.24. The molecule has 2 N–H and O–H groups in total. The zero-order chi connectivity index (χ0) is 12.4. The summed E-state index contributed by atoms with van der Waals surface area (Å²) >= 11 is 0. The molecular weight excluding hydrogens is 216 g/mol. The Balaban J connectivity index is 2.01. The molecule has 1 saturated heterocycles. The summed E-state index contributed by atoms with van der Waals surface area (Å²) in [5.74, 6) is -0.433. The Bertz CT molecular complexity index is 439. The number of carbonyl (C=O) groups is 2. The summed E-state index contributed by atoms with van der Waals surface area (Å²) in [5.41, 5.74) is 2.32. The first kappa shape index (κ1) is 11.8. The predicted octanol–water partition coefficient (Wildman–Crippen LogP) is 1.06. The molecule has 0 bridgehead atoms. The van der Waals surface area contributed by atoms with Crippen LogP contribution in [0.2, 0.25) is 0 Å². The van der Waals surface area contributed by atoms with Crippen LogP contribution in [0.25, 0.3) is 0 Å². The highest BCUT2D eigenvalue weighted by Gasteiger charge is 2.31. The lowest BCUT2D eigenvalue weighted by atomic mass is 10.1. The maximum atomic E-state index is 11.4. The largest absolute Gasteiger partial charge is 0.299 e. The zero-order valence-corrected chi connectivity index (χ0v) is 9.99. The molecule has 1 aromatic carbocycles. The Labute approximate surface area is 100 Å². The predicted molar refractivity (Wildman–Crippen MR) is 64.3 cm³/mol. The third-order valence-corrected chi connectivity index (χ3v) is 3.00. The van der Waals surface area contributed by atoms with Crippen molar-refractivity contribution in [3.63, 3.8) is 0 Å². The van der Waals surface area contributed by atoms with Crippen LogP contribution in [-0.4, -0.2) is 17.9 Å². The molecular formula is C13H16N2O2. The van der Waals surface area contributed by atoms with E-state index in [1.807, 2.05) is 38.1 Å². The number of amides is 2. The van der Waals surface area contributed by atoms with Crippen LogP contribution in [0.5, 0.6) is 0 Å². The Morgan fingerprint density at radius 1 is 1.29 bits per heavy atom. The highest BCUT2D eigenvalue weighted by Crippen LogP contribution is 2.15. The lowest BCUT2D eigenvalue weighted by molar-refractivity contribution is -0.125. The van der Waals surface area contributed by atoms with Gasteiger partial charge in [0.15, 0.2) is 0 Å². The van der Waals surface area contributed by atoms with E-state index in [-0.39, 0.29) is 24.3 Å². The Hall–Kier alpha value is -1.68. The Morgan fingerprint density at radius 3 is 2.47 bits per heavy atom. The van der Waals surface area contributed by atoms with E-state index in [0.717, 1.165) is 5.56 Å². The van der Waals surface area contributed by atoms with Crippen molar-refractivity contribution in [2.75, 3.05) is 0 Å². The number of benzene rings is 1. The van der Waals surface area contributed by atoms with Crippen molar-refractivity contribution in [1.29, 1.82) is 0 Å². The van der Waals surface area contributed by atoms with Crippen molar-refractivity contribution in [3.8, 4) is 0 Å². The molecule has 1 fully saturated rings. The van der Waals surface area contributed by atoms with Gasteiger partial charge < -0.3 is 0 Å². The third kappa shape index (κ3) is 2.71. The molecule has 1 aliphatic rings. The van der Waals surface area contributed by atoms with Gasteiger partial charge in [0, 0.05) is 6.04 Å². The molecule has 90 valence electrons. The molecule has 1 heterocycles. The topological polar surface area (TPSA) is 58.2 Å². The second-order valence-corrected chi connectivity index (χ2v) is 4.47. The summed E-state index contributed by atoms with van der Waals surface area (Å²) in [6.07, 6.45) is 0.231. The lowest BCUT2D eigenvalue weighted by Gasteiger charge is -2.17. The van der Waals surface area contributed by atoms with Gasteiger partial charge in [-0.15, -0.1) is 0 Å². The molecule has 4 nitrogen and oxygen atoms in total. The van der Waals surface area contributed by atoms with E-state index in [4.69, 9.17) is 0 Å². The van der Waals surface area contributed by atoms with Gasteiger partial charge in [-0.25, -0.2) is 0 Å². The molecule has 2 atom stereocenters. The SMILES string of the molecule is Cc1ccc([C@H](C)NC2CC(=O)NC2=O)cc1. The van der Waals surface area contributed by atoms with Crippen LogP contribution < -0.4 is 10.6 Å². The highest BCUT2D eigenvalue weighted by molar-refractivity contribution is 6.05. The number of nitrogens with one attached hydrogen (secondary N) is 2. The minimum atomic E-state index is -0.404. The van der Waals surface area contributed by atoms with Gasteiger partial charge in [-0.3, -0.25) is 20.2 Å². The maximum absolute atomic E-state index is 11.4. The van der Waals surface area contributed by atoms with E-state index in [0.29, 0.717) is 0 Å². The van der Waals surface area contributed by atoms with Gasteiger partial charge in [0.1, 0.15) is 0 Å². The number of imide groups is 1. The van der Waals surface area contributed by atoms with Crippen LogP contribution in [0, 0.1) is 6.92 Å². The molecule has 17 heavy (non-hydrogen) atoms. The summed E-state index contributed by atoms with van der Waals surface area (Å²) in [7, 11) is 0. The summed E-state index contributed by atoms with van der Waals surface area (Å²) in [6, 6.07) is 7.78. The first-order valence-corrected chi connectivity index (χ1v) is 5.72. The number of carbonyl (C=O) groups excluding carboxylic acids is 2. The van der Waals surface area contributed by atoms with Gasteiger partial charge in [0.25, 0.3) is 0 Å². The second-order valence-electron chi connectivity index (χ2n) is 4.47. The highest BCUT2D eigenvalue weighted by atomic mass is 16.2. The molecule has 0 aromatic heterocycles. The number of hydrogen-bond acceptors (Lipinski definition) is 3. The minimum absolute atomic E-state index is 0.0530. The number of aryl methyl sites for hydroxylation is 1. The van der Waals surface area contributed by atoms with Gasteiger partial charge in [0.05, 0.1) is 12.5 Å². The van der Waals surface area contributed by atoms with Gasteiger partial charge in [0.2, 0.25) is 11.8 Å². The van der Waals surface area contributed by atoms with Crippen LogP contribution in [-0.2, 0) is 9.59 Å². The van der Waals surface area contributed by atoms with Crippen LogP contribution in [0.15, 0.2) is 24.3 Å². The second kappa shape index (κ2) is 4.67. The fourth-order valence-electron chi connectivity index (χ4n) is 1.94. The molecule has 4 heteroatoms. The zero-order valence-electron chi connectivity index (χ0n) is 9.99. The van der Waals surface area contributed by atoms with E-state index in [9.17, 15) is 9.59 Å². The molecule has 2 rings (SSSR count). The van der Waals surface area contributed by atoms with Crippen molar-refractivity contribution in [2.24, 2.45) is 0 Å². The van der Waals surface area contributed by atoms with Crippen molar-refractivity contribution in [3.05, 3.63) is 35.4 Å². The van der Waals surface area contributed by atoms with Crippen molar-refractivity contribution in [2.45, 2.75) is 32.4 Å². The Morgan fingerprint density at radius 2 is 1.94 bits per heavy atom. The van der Waals surface area contributed by atoms with Crippen LogP contribution in [0.4, 0.5) is 0 Å². The third-order valence-electron chi connectivity index (χ3n) is 3.00. The van der Waals surface area contributed by atoms with Gasteiger partial charge in [-0.1, -0.05) is 29.8 Å². The van der Waals surface area contributed by atoms with E-state index in [1.165, 1.54) is 5.56 Å². The first-order valence-electron chi connectivity index (χ1n) is 5.72. The summed E-state index contributed by atoms with van der Waals surface area (Å²) in [6.45, 7) is 4.02. The molecule has 1 unspecified atom stereocenters. The van der Waals surface area contributed by atoms with E-state index in [2.05, 4.69) is 10.6 Å². The standard InChI is InChI=1S/C13H16N2O2/c1-8-3-5-10(6-4-8)9(2)14-11-7-12(16)15-13(11)17/h3-6,9,11,14H,7H2,1-2H3,(H,15,16,17)/t9-,11?/m0/s1. The van der Waals surface area contributed by atoms with Gasteiger partial charge in [-0.2, -0.15) is 0 Å². The molecule has 0 spiro atoms. The molecule has 2 amide bonds. The summed E-state index contributed by atoms with van der Waals surface area (Å²) in [5, 5.41) is 5.45. The number of rotatable bonds is 3. The fourth-order valence-corrected chi connectivity index (χ4v) is 1.94. The van der Waals surface area contributed by atoms with Crippen molar-refractivity contribution >= 4 is 11.8 Å². The summed E-state index contributed by atoms with van der Waals surface area (Å²) < 4.78 is 0. The van der Waals surface area contributed by atoms with Crippen LogP contribution in [0.1, 0.15) is 30.5 Å². The van der Waals surface area contributed by atoms with Crippen LogP contribution in [0.3, 0.4) is 0 Å². The van der Waals surface area contributed by atoms with E-state index in [1.54, 1.807) is 0 Å². The average Bonchev–Trinajstić information content (AvgIpc) is 2.58. The monoisotopic (exact) mass is 232 g/mol. The van der Waals surface area contributed by atoms with Gasteiger partial charge >= 0.3 is 0 Å². The average molecular weight is 232 g/mol. The maximum Gasteiger partial charge on any atom is 0.244 e. The van der Waals surface area contributed by atoms with Crippen molar-refractivity contribution < 1.29 is 9.59 Å². The van der Waals surface area contributed by atoms with Crippen LogP contribution >= 0.6 is 0 Å². The molecule has 0 radical (unpaired) electrons. The summed E-state index contributed by atoms with van der Waals surface area (Å²) in [4.78, 5) is 22.5. The lowest BCUT2D eigenvalue weighted by Crippen LogP contribution is -2.37. The fraction of sp³-hybridized carbons (Fsp3) is 0.385. The molecule has 1 aromatic rings. The first-order chi connectivity index (χ1) is 8.06. The van der Waals surface area contributed by atoms with Gasteiger partial charge in [-0.05, 0) is 19.4 Å². The smallest absolute Gasteiger partial charge is 0.244 e. The number of hydrogen-bond donors (Lipinski definition) is 2. The van der Waals surface area contributed by atoms with Crippen molar-refractivity contribution in [1.82, 2.24) is 10.6 Å². The molecule has 1 aliphatic heterocycles. The minimum Gasteiger partial charge on any atom is -0.299 e. The molecule has 0 aliphatic carbocycles. The van der Waals surface area contributed by atoms with E-state index >= 15 is 0 Å². The van der Waals surface area contributed by atoms with E-state index < -0.39 is 6.04 Å².